The van der Waals surface area contributed by atoms with Crippen LogP contribution >= 0.6 is 0 Å². The number of nitrogen functional groups attached to an aromatic ring is 1. The van der Waals surface area contributed by atoms with Crippen molar-refractivity contribution in [2.75, 3.05) is 25.9 Å². The van der Waals surface area contributed by atoms with Crippen LogP contribution in [0.5, 0.6) is 0 Å². The SMILES string of the molecule is CN1CCCC(Cc2nc(N)no2)C1. The minimum absolute atomic E-state index is 0.240. The van der Waals surface area contributed by atoms with Crippen molar-refractivity contribution >= 4 is 5.95 Å². The molecule has 0 radical (unpaired) electrons. The van der Waals surface area contributed by atoms with E-state index in [4.69, 9.17) is 10.3 Å². The van der Waals surface area contributed by atoms with Gasteiger partial charge < -0.3 is 15.2 Å². The Labute approximate surface area is 83.3 Å². The number of aromatic nitrogens is 2. The van der Waals surface area contributed by atoms with Gasteiger partial charge in [-0.3, -0.25) is 0 Å². The van der Waals surface area contributed by atoms with Crippen molar-refractivity contribution in [3.63, 3.8) is 0 Å². The van der Waals surface area contributed by atoms with Gasteiger partial charge in [0.25, 0.3) is 5.95 Å². The second kappa shape index (κ2) is 3.96. The molecule has 2 rings (SSSR count). The Morgan fingerprint density at radius 3 is 3.14 bits per heavy atom. The van der Waals surface area contributed by atoms with E-state index in [1.54, 1.807) is 0 Å². The standard InChI is InChI=1S/C9H16N4O/c1-13-4-2-3-7(6-13)5-8-11-9(10)12-14-8/h7H,2-6H2,1H3,(H2,10,12). The number of rotatable bonds is 2. The van der Waals surface area contributed by atoms with Crippen LogP contribution in [-0.4, -0.2) is 35.2 Å². The van der Waals surface area contributed by atoms with Gasteiger partial charge in [0.15, 0.2) is 0 Å². The second-order valence-electron chi connectivity index (χ2n) is 4.02. The molecule has 78 valence electrons. The second-order valence-corrected chi connectivity index (χ2v) is 4.02. The molecule has 5 heteroatoms. The summed E-state index contributed by atoms with van der Waals surface area (Å²) in [4.78, 5) is 6.35. The van der Waals surface area contributed by atoms with Crippen LogP contribution in [0, 0.1) is 5.92 Å². The largest absolute Gasteiger partial charge is 0.365 e. The molecule has 0 saturated carbocycles. The van der Waals surface area contributed by atoms with Gasteiger partial charge >= 0.3 is 0 Å². The Hall–Kier alpha value is -1.10. The summed E-state index contributed by atoms with van der Waals surface area (Å²) in [7, 11) is 2.15. The number of hydrogen-bond acceptors (Lipinski definition) is 5. The quantitative estimate of drug-likeness (QED) is 0.747. The molecule has 1 aromatic rings. The van der Waals surface area contributed by atoms with E-state index in [-0.39, 0.29) is 5.95 Å². The molecule has 1 aromatic heterocycles. The van der Waals surface area contributed by atoms with E-state index in [2.05, 4.69) is 22.1 Å². The summed E-state index contributed by atoms with van der Waals surface area (Å²) < 4.78 is 5.00. The molecule has 1 atom stereocenters. The lowest BCUT2D eigenvalue weighted by molar-refractivity contribution is 0.199. The van der Waals surface area contributed by atoms with E-state index >= 15 is 0 Å². The van der Waals surface area contributed by atoms with Gasteiger partial charge in [-0.05, 0) is 37.5 Å². The van der Waals surface area contributed by atoms with Gasteiger partial charge in [0.2, 0.25) is 5.89 Å². The van der Waals surface area contributed by atoms with Gasteiger partial charge in [-0.25, -0.2) is 0 Å². The molecule has 14 heavy (non-hydrogen) atoms. The predicted molar refractivity (Wildman–Crippen MR) is 52.6 cm³/mol. The third-order valence-electron chi connectivity index (χ3n) is 2.67. The maximum absolute atomic E-state index is 5.38. The van der Waals surface area contributed by atoms with Crippen molar-refractivity contribution in [1.29, 1.82) is 0 Å². The van der Waals surface area contributed by atoms with Crippen LogP contribution in [0.25, 0.3) is 0 Å². The van der Waals surface area contributed by atoms with E-state index in [1.165, 1.54) is 19.4 Å². The van der Waals surface area contributed by atoms with Crippen LogP contribution in [0.4, 0.5) is 5.95 Å². The zero-order chi connectivity index (χ0) is 9.97. The van der Waals surface area contributed by atoms with Gasteiger partial charge in [-0.1, -0.05) is 0 Å². The van der Waals surface area contributed by atoms with Crippen molar-refractivity contribution in [1.82, 2.24) is 15.0 Å². The smallest absolute Gasteiger partial charge is 0.260 e. The van der Waals surface area contributed by atoms with Gasteiger partial charge in [0.1, 0.15) is 0 Å². The third-order valence-corrected chi connectivity index (χ3v) is 2.67. The fourth-order valence-electron chi connectivity index (χ4n) is 2.04. The first-order valence-corrected chi connectivity index (χ1v) is 5.00. The Morgan fingerprint density at radius 2 is 2.50 bits per heavy atom. The van der Waals surface area contributed by atoms with Crippen molar-refractivity contribution in [2.24, 2.45) is 5.92 Å². The maximum atomic E-state index is 5.38. The summed E-state index contributed by atoms with van der Waals surface area (Å²) in [5.41, 5.74) is 5.38. The lowest BCUT2D eigenvalue weighted by atomic mass is 9.95. The van der Waals surface area contributed by atoms with Crippen LogP contribution in [-0.2, 0) is 6.42 Å². The van der Waals surface area contributed by atoms with Crippen LogP contribution in [0.15, 0.2) is 4.52 Å². The molecule has 2 N–H and O–H groups in total. The summed E-state index contributed by atoms with van der Waals surface area (Å²) in [6.45, 7) is 2.31. The number of likely N-dealkylation sites (tertiary alicyclic amines) is 1. The van der Waals surface area contributed by atoms with Crippen molar-refractivity contribution in [3.8, 4) is 0 Å². The maximum Gasteiger partial charge on any atom is 0.260 e. The molecule has 1 aliphatic rings. The molecule has 1 fully saturated rings. The highest BCUT2D eigenvalue weighted by Gasteiger charge is 2.19. The number of anilines is 1. The predicted octanol–water partition coefficient (Wildman–Crippen LogP) is 0.536. The molecule has 1 aliphatic heterocycles. The average Bonchev–Trinajstić information content (AvgIpc) is 2.51. The Balaban J connectivity index is 1.90. The highest BCUT2D eigenvalue weighted by Crippen LogP contribution is 2.19. The van der Waals surface area contributed by atoms with E-state index in [1.807, 2.05) is 0 Å². The van der Waals surface area contributed by atoms with Crippen molar-refractivity contribution in [2.45, 2.75) is 19.3 Å². The summed E-state index contributed by atoms with van der Waals surface area (Å²) in [6.07, 6.45) is 3.35. The molecule has 1 saturated heterocycles. The lowest BCUT2D eigenvalue weighted by Crippen LogP contribution is -2.33. The molecule has 0 aromatic carbocycles. The van der Waals surface area contributed by atoms with Crippen LogP contribution in [0.1, 0.15) is 18.7 Å². The fourth-order valence-corrected chi connectivity index (χ4v) is 2.04. The summed E-state index contributed by atoms with van der Waals surface area (Å²) in [6, 6.07) is 0. The summed E-state index contributed by atoms with van der Waals surface area (Å²) >= 11 is 0. The molecular weight excluding hydrogens is 180 g/mol. The molecular formula is C9H16N4O. The molecule has 0 spiro atoms. The first-order valence-electron chi connectivity index (χ1n) is 5.00. The minimum atomic E-state index is 0.240. The number of nitrogens with zero attached hydrogens (tertiary/aromatic N) is 3. The van der Waals surface area contributed by atoms with Crippen LogP contribution in [0.2, 0.25) is 0 Å². The zero-order valence-electron chi connectivity index (χ0n) is 8.44. The average molecular weight is 196 g/mol. The molecule has 1 unspecified atom stereocenters. The van der Waals surface area contributed by atoms with Gasteiger partial charge in [-0.2, -0.15) is 4.98 Å². The normalized spacial score (nSPS) is 23.9. The molecule has 2 heterocycles. The summed E-state index contributed by atoms with van der Waals surface area (Å²) in [5, 5.41) is 3.58. The van der Waals surface area contributed by atoms with Crippen molar-refractivity contribution < 1.29 is 4.52 Å². The van der Waals surface area contributed by atoms with E-state index < -0.39 is 0 Å². The number of nitrogens with two attached hydrogens (primary N) is 1. The van der Waals surface area contributed by atoms with Crippen molar-refractivity contribution in [3.05, 3.63) is 5.89 Å². The molecule has 0 bridgehead atoms. The molecule has 0 aliphatic carbocycles. The summed E-state index contributed by atoms with van der Waals surface area (Å²) in [5.74, 6) is 1.54. The van der Waals surface area contributed by atoms with Crippen LogP contribution in [0.3, 0.4) is 0 Å². The van der Waals surface area contributed by atoms with Gasteiger partial charge in [-0.15, -0.1) is 0 Å². The minimum Gasteiger partial charge on any atom is -0.365 e. The van der Waals surface area contributed by atoms with E-state index in [0.29, 0.717) is 11.8 Å². The third kappa shape index (κ3) is 2.23. The lowest BCUT2D eigenvalue weighted by Gasteiger charge is -2.28. The number of piperidine rings is 1. The molecule has 5 nitrogen and oxygen atoms in total. The Kier molecular flexibility index (Phi) is 2.67. The van der Waals surface area contributed by atoms with E-state index in [0.717, 1.165) is 13.0 Å². The molecule has 0 amide bonds. The highest BCUT2D eigenvalue weighted by atomic mass is 16.5. The number of hydrogen-bond donors (Lipinski definition) is 1. The van der Waals surface area contributed by atoms with Gasteiger partial charge in [0, 0.05) is 13.0 Å². The van der Waals surface area contributed by atoms with Gasteiger partial charge in [0.05, 0.1) is 0 Å². The monoisotopic (exact) mass is 196 g/mol. The Morgan fingerprint density at radius 1 is 1.64 bits per heavy atom. The van der Waals surface area contributed by atoms with Crippen LogP contribution < -0.4 is 5.73 Å². The highest BCUT2D eigenvalue weighted by molar-refractivity contribution is 5.10. The fraction of sp³-hybridized carbons (Fsp3) is 0.778. The first kappa shape index (κ1) is 9.45. The first-order chi connectivity index (χ1) is 6.74. The zero-order valence-corrected chi connectivity index (χ0v) is 8.44. The topological polar surface area (TPSA) is 68.2 Å². The van der Waals surface area contributed by atoms with E-state index in [9.17, 15) is 0 Å². The Bertz CT molecular complexity index is 299.